The lowest BCUT2D eigenvalue weighted by atomic mass is 10.1. The summed E-state index contributed by atoms with van der Waals surface area (Å²) in [6.45, 7) is 0. The monoisotopic (exact) mass is 262 g/mol. The number of methoxy groups -OCH3 is 1. The molecule has 0 radical (unpaired) electrons. The minimum absolute atomic E-state index is 0.0625. The van der Waals surface area contributed by atoms with Crippen molar-refractivity contribution in [1.82, 2.24) is 0 Å². The van der Waals surface area contributed by atoms with Gasteiger partial charge in [0.1, 0.15) is 6.10 Å². The van der Waals surface area contributed by atoms with Crippen LogP contribution in [0.3, 0.4) is 0 Å². The van der Waals surface area contributed by atoms with Crippen molar-refractivity contribution in [3.8, 4) is 0 Å². The number of allylic oxidation sites excluding steroid dienone is 3. The van der Waals surface area contributed by atoms with Gasteiger partial charge in [-0.05, 0) is 49.9 Å². The minimum Gasteiger partial charge on any atom is -0.438 e. The Morgan fingerprint density at radius 1 is 0.947 bits per heavy atom. The van der Waals surface area contributed by atoms with Crippen LogP contribution in [0.4, 0.5) is 4.79 Å². The van der Waals surface area contributed by atoms with Gasteiger partial charge in [0.2, 0.25) is 0 Å². The van der Waals surface area contributed by atoms with Gasteiger partial charge in [-0.25, -0.2) is 4.79 Å². The third kappa shape index (κ3) is 2.85. The smallest absolute Gasteiger partial charge is 0.438 e. The molecule has 0 amide bonds. The zero-order chi connectivity index (χ0) is 13.2. The summed E-state index contributed by atoms with van der Waals surface area (Å²) < 4.78 is 9.52. The van der Waals surface area contributed by atoms with Crippen molar-refractivity contribution in [2.24, 2.45) is 23.7 Å². The van der Waals surface area contributed by atoms with Gasteiger partial charge in [-0.3, -0.25) is 0 Å². The van der Waals surface area contributed by atoms with Crippen LogP contribution in [0.15, 0.2) is 24.3 Å². The van der Waals surface area contributed by atoms with Crippen LogP contribution in [0.5, 0.6) is 0 Å². The van der Waals surface area contributed by atoms with E-state index in [1.807, 2.05) is 0 Å². The van der Waals surface area contributed by atoms with Crippen molar-refractivity contribution in [3.05, 3.63) is 24.3 Å². The average Bonchev–Trinajstić information content (AvgIpc) is 3.20. The molecule has 0 aliphatic heterocycles. The van der Waals surface area contributed by atoms with Gasteiger partial charge in [-0.1, -0.05) is 24.3 Å². The van der Waals surface area contributed by atoms with Crippen LogP contribution in [0.1, 0.15) is 32.1 Å². The second-order valence-corrected chi connectivity index (χ2v) is 6.11. The largest absolute Gasteiger partial charge is 0.508 e. The predicted octanol–water partition coefficient (Wildman–Crippen LogP) is 3.71. The number of carbonyl (C=O) groups excluding carboxylic acids is 1. The third-order valence-electron chi connectivity index (χ3n) is 4.80. The van der Waals surface area contributed by atoms with Crippen LogP contribution >= 0.6 is 0 Å². The van der Waals surface area contributed by atoms with Gasteiger partial charge in [0.05, 0.1) is 7.11 Å². The van der Waals surface area contributed by atoms with E-state index in [9.17, 15) is 4.79 Å². The van der Waals surface area contributed by atoms with Gasteiger partial charge in [0, 0.05) is 5.92 Å². The highest BCUT2D eigenvalue weighted by Gasteiger charge is 2.38. The number of ether oxygens (including phenoxy) is 2. The second kappa shape index (κ2) is 5.40. The molecule has 4 bridgehead atoms. The van der Waals surface area contributed by atoms with Crippen molar-refractivity contribution in [2.45, 2.75) is 38.2 Å². The van der Waals surface area contributed by atoms with Crippen molar-refractivity contribution >= 4 is 6.16 Å². The first-order valence-corrected chi connectivity index (χ1v) is 7.36. The fourth-order valence-corrected chi connectivity index (χ4v) is 3.75. The van der Waals surface area contributed by atoms with Crippen LogP contribution in [-0.2, 0) is 9.47 Å². The van der Waals surface area contributed by atoms with Crippen molar-refractivity contribution in [3.63, 3.8) is 0 Å². The van der Waals surface area contributed by atoms with Crippen LogP contribution in [0.25, 0.3) is 0 Å². The maximum atomic E-state index is 10.8. The molecule has 19 heavy (non-hydrogen) atoms. The molecule has 2 fully saturated rings. The molecular formula is C16H22O3. The molecule has 0 spiro atoms. The number of hydrogen-bond donors (Lipinski definition) is 0. The molecule has 0 N–H and O–H groups in total. The van der Waals surface area contributed by atoms with Crippen LogP contribution in [0.2, 0.25) is 0 Å². The zero-order valence-electron chi connectivity index (χ0n) is 11.5. The van der Waals surface area contributed by atoms with E-state index in [2.05, 4.69) is 29.0 Å². The summed E-state index contributed by atoms with van der Waals surface area (Å²) in [6, 6.07) is 0. The molecule has 0 heterocycles. The highest BCUT2D eigenvalue weighted by molar-refractivity contribution is 5.60. The Labute approximate surface area is 114 Å². The molecule has 5 unspecified atom stereocenters. The molecule has 104 valence electrons. The van der Waals surface area contributed by atoms with Crippen LogP contribution in [-0.4, -0.2) is 19.4 Å². The van der Waals surface area contributed by atoms with Gasteiger partial charge in [0.25, 0.3) is 0 Å². The van der Waals surface area contributed by atoms with Gasteiger partial charge >= 0.3 is 6.16 Å². The quantitative estimate of drug-likeness (QED) is 0.534. The highest BCUT2D eigenvalue weighted by Crippen LogP contribution is 2.40. The van der Waals surface area contributed by atoms with E-state index in [0.29, 0.717) is 11.8 Å². The summed E-state index contributed by atoms with van der Waals surface area (Å²) in [7, 11) is 1.34. The van der Waals surface area contributed by atoms with Crippen LogP contribution < -0.4 is 0 Å². The molecule has 3 heteroatoms. The molecular weight excluding hydrogens is 240 g/mol. The molecule has 0 aromatic rings. The Bertz CT molecular complexity index is 387. The summed E-state index contributed by atoms with van der Waals surface area (Å²) in [6.07, 6.45) is 15.2. The topological polar surface area (TPSA) is 35.5 Å². The summed E-state index contributed by atoms with van der Waals surface area (Å²) in [5.74, 6) is 3.05. The first-order valence-electron chi connectivity index (χ1n) is 7.36. The Balaban J connectivity index is 0.000000132. The second-order valence-electron chi connectivity index (χ2n) is 6.11. The van der Waals surface area contributed by atoms with E-state index in [4.69, 9.17) is 4.74 Å². The summed E-state index contributed by atoms with van der Waals surface area (Å²) in [5.41, 5.74) is 0. The molecule has 4 aliphatic carbocycles. The van der Waals surface area contributed by atoms with Gasteiger partial charge in [0.15, 0.2) is 0 Å². The fraction of sp³-hybridized carbons (Fsp3) is 0.688. The van der Waals surface area contributed by atoms with Gasteiger partial charge < -0.3 is 9.47 Å². The maximum absolute atomic E-state index is 10.8. The van der Waals surface area contributed by atoms with Gasteiger partial charge in [-0.2, -0.15) is 0 Å². The summed E-state index contributed by atoms with van der Waals surface area (Å²) >= 11 is 0. The third-order valence-corrected chi connectivity index (χ3v) is 4.80. The standard InChI is InChI=1S/C9H12O3.C7H10/c1-11-9(10)12-8-5-6-2-3-7(8)4-6;1-2-7-4-3-6(1)5-7/h2-3,6-8H,4-5H2,1H3;1-2,6-7H,3-5H2. The molecule has 0 aromatic heterocycles. The summed E-state index contributed by atoms with van der Waals surface area (Å²) in [5, 5.41) is 0. The van der Waals surface area contributed by atoms with Crippen molar-refractivity contribution in [2.75, 3.05) is 7.11 Å². The lowest BCUT2D eigenvalue weighted by molar-refractivity contribution is 0.0277. The lowest BCUT2D eigenvalue weighted by Crippen LogP contribution is -2.22. The average molecular weight is 262 g/mol. The molecule has 2 saturated carbocycles. The number of fused-ring (bicyclic) bond motifs is 4. The Morgan fingerprint density at radius 2 is 1.63 bits per heavy atom. The maximum Gasteiger partial charge on any atom is 0.508 e. The molecule has 5 atom stereocenters. The molecule has 4 rings (SSSR count). The normalized spacial score (nSPS) is 40.2. The van der Waals surface area contributed by atoms with Crippen molar-refractivity contribution in [1.29, 1.82) is 0 Å². The van der Waals surface area contributed by atoms with E-state index in [-0.39, 0.29) is 6.10 Å². The lowest BCUT2D eigenvalue weighted by Gasteiger charge is -2.17. The minimum atomic E-state index is -0.555. The SMILES string of the molecule is C1=CC2CCC1C2.COC(=O)OC1CC2C=CC1C2. The molecule has 3 nitrogen and oxygen atoms in total. The van der Waals surface area contributed by atoms with Crippen molar-refractivity contribution < 1.29 is 14.3 Å². The van der Waals surface area contributed by atoms with Gasteiger partial charge in [-0.15, -0.1) is 0 Å². The number of carbonyl (C=O) groups is 1. The van der Waals surface area contributed by atoms with E-state index in [0.717, 1.165) is 24.7 Å². The number of rotatable bonds is 1. The van der Waals surface area contributed by atoms with Crippen LogP contribution in [0, 0.1) is 23.7 Å². The first-order chi connectivity index (χ1) is 9.24. The van der Waals surface area contributed by atoms with E-state index < -0.39 is 6.16 Å². The molecule has 0 saturated heterocycles. The van der Waals surface area contributed by atoms with E-state index >= 15 is 0 Å². The Hall–Kier alpha value is -1.25. The highest BCUT2D eigenvalue weighted by atomic mass is 16.7. The zero-order valence-corrected chi connectivity index (χ0v) is 11.5. The molecule has 4 aliphatic rings. The Morgan fingerprint density at radius 3 is 2.00 bits per heavy atom. The van der Waals surface area contributed by atoms with E-state index in [1.54, 1.807) is 0 Å². The first kappa shape index (κ1) is 12.8. The Kier molecular flexibility index (Phi) is 3.63. The predicted molar refractivity (Wildman–Crippen MR) is 72.6 cm³/mol. The summed E-state index contributed by atoms with van der Waals surface area (Å²) in [4.78, 5) is 10.8. The van der Waals surface area contributed by atoms with E-state index in [1.165, 1.54) is 26.4 Å². The fourth-order valence-electron chi connectivity index (χ4n) is 3.75. The molecule has 0 aromatic carbocycles. The number of hydrogen-bond acceptors (Lipinski definition) is 3.